The third kappa shape index (κ3) is 7.71. The van der Waals surface area contributed by atoms with Crippen LogP contribution in [-0.2, 0) is 21.7 Å². The molecule has 0 amide bonds. The Kier molecular flexibility index (Phi) is 11.1. The largest absolute Gasteiger partial charge is 0.275 e. The first-order chi connectivity index (χ1) is 31.3. The third-order valence-corrected chi connectivity index (χ3v) is 15.9. The van der Waals surface area contributed by atoms with E-state index >= 15 is 0 Å². The van der Waals surface area contributed by atoms with Crippen LogP contribution >= 0.6 is 0 Å². The Bertz CT molecular complexity index is 2740. The van der Waals surface area contributed by atoms with Gasteiger partial charge in [0.15, 0.2) is 11.6 Å². The second kappa shape index (κ2) is 16.7. The van der Waals surface area contributed by atoms with Crippen molar-refractivity contribution in [3.63, 3.8) is 0 Å². The lowest BCUT2D eigenvalue weighted by molar-refractivity contribution is 0.299. The van der Waals surface area contributed by atoms with E-state index in [4.69, 9.17) is 10.2 Å². The van der Waals surface area contributed by atoms with Crippen molar-refractivity contribution in [2.24, 2.45) is 11.8 Å². The van der Waals surface area contributed by atoms with Crippen LogP contribution in [0.4, 0.5) is 0 Å². The smallest absolute Gasteiger partial charge is 0.168 e. The van der Waals surface area contributed by atoms with Crippen molar-refractivity contribution in [3.05, 3.63) is 162 Å². The second-order valence-electron chi connectivity index (χ2n) is 22.4. The fraction of sp³-hybridized carbons (Fsp3) is 0.387. The Morgan fingerprint density at radius 3 is 1.60 bits per heavy atom. The summed E-state index contributed by atoms with van der Waals surface area (Å²) in [6.45, 7) is 18.5. The maximum atomic E-state index is 5.19. The first kappa shape index (κ1) is 43.4. The van der Waals surface area contributed by atoms with E-state index in [9.17, 15) is 0 Å². The minimum atomic E-state index is 0.0768. The van der Waals surface area contributed by atoms with Crippen molar-refractivity contribution in [1.29, 1.82) is 0 Å². The van der Waals surface area contributed by atoms with E-state index in [0.29, 0.717) is 5.92 Å². The predicted molar refractivity (Wildman–Crippen MR) is 274 cm³/mol. The molecule has 3 heteroatoms. The van der Waals surface area contributed by atoms with Crippen LogP contribution in [0, 0.1) is 11.8 Å². The molecule has 1 heterocycles. The van der Waals surface area contributed by atoms with E-state index in [0.717, 1.165) is 34.4 Å². The lowest BCUT2D eigenvalue weighted by atomic mass is 9.55. The van der Waals surface area contributed by atoms with E-state index in [-0.39, 0.29) is 21.7 Å². The minimum Gasteiger partial charge on any atom is -0.275 e. The summed E-state index contributed by atoms with van der Waals surface area (Å²) in [5.74, 6) is 3.17. The molecule has 0 radical (unpaired) electrons. The molecule has 1 aromatic heterocycles. The molecule has 2 unspecified atom stereocenters. The predicted octanol–water partition coefficient (Wildman–Crippen LogP) is 16.9. The fourth-order valence-electron chi connectivity index (χ4n) is 12.8. The van der Waals surface area contributed by atoms with Gasteiger partial charge < -0.3 is 0 Å². The number of nitrogens with zero attached hydrogens (tertiary/aromatic N) is 3. The first-order valence-electron chi connectivity index (χ1n) is 24.9. The number of hydrogen-bond donors (Lipinski definition) is 0. The van der Waals surface area contributed by atoms with Gasteiger partial charge in [-0.15, -0.1) is 10.2 Å². The molecule has 3 aliphatic carbocycles. The molecular weight excluding hydrogens is 787 g/mol. The van der Waals surface area contributed by atoms with Crippen LogP contribution in [0.2, 0.25) is 0 Å². The number of fused-ring (bicyclic) bond motifs is 3. The molecule has 332 valence electrons. The number of benzene rings is 6. The number of para-hydroxylation sites is 1. The zero-order valence-electron chi connectivity index (χ0n) is 40.3. The maximum absolute atomic E-state index is 5.19. The Morgan fingerprint density at radius 1 is 0.492 bits per heavy atom. The van der Waals surface area contributed by atoms with Crippen LogP contribution in [0.1, 0.15) is 142 Å². The summed E-state index contributed by atoms with van der Waals surface area (Å²) in [7, 11) is 0. The SMILES string of the molecule is CCCCCCCC1C[C@]23CC(C)C[C@@]2(C1)c1ccccc1-c1ccc(-c2nnc(-c4cc(-c5ccc(C(C)(C)C)cc5)cc(-c5ccc(C(C)(C)C)cc5)c4)n2-c2ccccc2)cc13. The van der Waals surface area contributed by atoms with Crippen LogP contribution in [0.25, 0.3) is 61.8 Å². The maximum Gasteiger partial charge on any atom is 0.168 e. The van der Waals surface area contributed by atoms with Gasteiger partial charge in [0, 0.05) is 27.6 Å². The Morgan fingerprint density at radius 2 is 1.00 bits per heavy atom. The van der Waals surface area contributed by atoms with Gasteiger partial charge in [0.25, 0.3) is 0 Å². The van der Waals surface area contributed by atoms with Crippen LogP contribution in [0.3, 0.4) is 0 Å². The van der Waals surface area contributed by atoms with Gasteiger partial charge in [0.2, 0.25) is 0 Å². The quantitative estimate of drug-likeness (QED) is 0.121. The average Bonchev–Trinajstić information content (AvgIpc) is 3.98. The van der Waals surface area contributed by atoms with Crippen LogP contribution < -0.4 is 0 Å². The van der Waals surface area contributed by atoms with Crippen LogP contribution in [-0.4, -0.2) is 14.8 Å². The summed E-state index contributed by atoms with van der Waals surface area (Å²) in [5, 5.41) is 10.4. The molecule has 3 nitrogen and oxygen atoms in total. The highest BCUT2D eigenvalue weighted by Gasteiger charge is 2.66. The van der Waals surface area contributed by atoms with Crippen molar-refractivity contribution in [2.45, 2.75) is 141 Å². The summed E-state index contributed by atoms with van der Waals surface area (Å²) in [6.07, 6.45) is 13.2. The minimum absolute atomic E-state index is 0.0768. The topological polar surface area (TPSA) is 30.7 Å². The molecule has 0 bridgehead atoms. The molecule has 0 spiro atoms. The highest BCUT2D eigenvalue weighted by molar-refractivity contribution is 5.84. The highest BCUT2D eigenvalue weighted by atomic mass is 15.3. The molecule has 10 rings (SSSR count). The fourth-order valence-corrected chi connectivity index (χ4v) is 12.8. The van der Waals surface area contributed by atoms with E-state index in [2.05, 4.69) is 199 Å². The van der Waals surface area contributed by atoms with Crippen molar-refractivity contribution in [3.8, 4) is 61.8 Å². The number of aromatic nitrogens is 3. The lowest BCUT2D eigenvalue weighted by Crippen LogP contribution is -2.43. The number of hydrogen-bond acceptors (Lipinski definition) is 2. The van der Waals surface area contributed by atoms with Crippen molar-refractivity contribution < 1.29 is 0 Å². The normalized spacial score (nSPS) is 21.2. The monoisotopic (exact) mass is 856 g/mol. The second-order valence-corrected chi connectivity index (χ2v) is 22.4. The van der Waals surface area contributed by atoms with Gasteiger partial charge in [-0.1, -0.05) is 197 Å². The zero-order chi connectivity index (χ0) is 45.1. The Labute approximate surface area is 389 Å². The number of unbranched alkanes of at least 4 members (excludes halogenated alkanes) is 4. The molecule has 0 N–H and O–H groups in total. The summed E-state index contributed by atoms with van der Waals surface area (Å²) < 4.78 is 2.32. The van der Waals surface area contributed by atoms with Gasteiger partial charge in [-0.05, 0) is 140 Å². The van der Waals surface area contributed by atoms with E-state index in [1.165, 1.54) is 109 Å². The van der Waals surface area contributed by atoms with Gasteiger partial charge in [0.1, 0.15) is 0 Å². The summed E-state index contributed by atoms with van der Waals surface area (Å²) in [6, 6.07) is 52.9. The molecule has 65 heavy (non-hydrogen) atoms. The van der Waals surface area contributed by atoms with Gasteiger partial charge in [-0.3, -0.25) is 4.57 Å². The molecule has 3 aliphatic rings. The van der Waals surface area contributed by atoms with Crippen molar-refractivity contribution in [1.82, 2.24) is 14.8 Å². The molecule has 7 aromatic rings. The average molecular weight is 856 g/mol. The molecule has 2 fully saturated rings. The molecule has 0 aliphatic heterocycles. The van der Waals surface area contributed by atoms with Crippen molar-refractivity contribution >= 4 is 0 Å². The summed E-state index contributed by atoms with van der Waals surface area (Å²) in [4.78, 5) is 0. The summed E-state index contributed by atoms with van der Waals surface area (Å²) >= 11 is 0. The zero-order valence-corrected chi connectivity index (χ0v) is 40.3. The molecule has 6 aromatic carbocycles. The number of rotatable bonds is 11. The first-order valence-corrected chi connectivity index (χ1v) is 24.9. The lowest BCUT2D eigenvalue weighted by Gasteiger charge is -2.47. The summed E-state index contributed by atoms with van der Waals surface area (Å²) in [5.41, 5.74) is 17.1. The van der Waals surface area contributed by atoms with E-state index in [1.807, 2.05) is 0 Å². The van der Waals surface area contributed by atoms with Crippen LogP contribution in [0.5, 0.6) is 0 Å². The molecule has 2 saturated carbocycles. The van der Waals surface area contributed by atoms with Gasteiger partial charge in [-0.2, -0.15) is 0 Å². The highest BCUT2D eigenvalue weighted by Crippen LogP contribution is 2.72. The van der Waals surface area contributed by atoms with Gasteiger partial charge in [-0.25, -0.2) is 0 Å². The van der Waals surface area contributed by atoms with Gasteiger partial charge >= 0.3 is 0 Å². The molecule has 4 atom stereocenters. The van der Waals surface area contributed by atoms with E-state index < -0.39 is 0 Å². The Balaban J connectivity index is 1.13. The Hall–Kier alpha value is -5.54. The third-order valence-electron chi connectivity index (χ3n) is 15.9. The van der Waals surface area contributed by atoms with Crippen molar-refractivity contribution in [2.75, 3.05) is 0 Å². The van der Waals surface area contributed by atoms with E-state index in [1.54, 1.807) is 11.1 Å². The molecular formula is C62H69N3. The van der Waals surface area contributed by atoms with Crippen LogP contribution in [0.15, 0.2) is 140 Å². The molecule has 0 saturated heterocycles. The van der Waals surface area contributed by atoms with Gasteiger partial charge in [0.05, 0.1) is 0 Å². The standard InChI is InChI=1S/C62H69N3/c1-9-10-11-12-14-19-43-40-61-38-42(2)39-62(61,41-43)56-37-46(28-33-54(56)53-22-17-18-23-55(53)61)57-63-64-58(65(57)52-20-15-13-16-21-52)49-35-47(44-24-29-50(30-25-44)59(3,4)5)34-48(36-49)45-26-31-51(32-27-45)60(6,7)8/h13,15-18,20-37,42-43H,9-12,14,19,38-41H2,1-8H3/t42?,43?,61-,62+/m1/s1.